The number of aromatic nitrogens is 1. The Balaban J connectivity index is 1.76. The Morgan fingerprint density at radius 1 is 1.11 bits per heavy atom. The fourth-order valence-electron chi connectivity index (χ4n) is 3.30. The summed E-state index contributed by atoms with van der Waals surface area (Å²) in [7, 11) is 1.62. The van der Waals surface area contributed by atoms with E-state index >= 15 is 0 Å². The molecule has 1 aliphatic heterocycles. The number of carbonyl (C=O) groups excluding carboxylic acids is 2. The Morgan fingerprint density at radius 3 is 2.52 bits per heavy atom. The average Bonchev–Trinajstić information content (AvgIpc) is 2.91. The standard InChI is InChI=1S/C21H25N3O3/c1-27-18-8-6-16(7-9-18)21(17-10-12-22-13-11-17)23-19(25)15-24-14-4-2-3-5-20(24)26/h6-13,21H,2-5,14-15H2,1H3,(H,23,25)/t21-/m1/s1. The molecule has 3 rings (SSSR count). The maximum Gasteiger partial charge on any atom is 0.240 e. The van der Waals surface area contributed by atoms with Crippen LogP contribution in [0, 0.1) is 0 Å². The second-order valence-corrected chi connectivity index (χ2v) is 6.68. The van der Waals surface area contributed by atoms with Crippen LogP contribution >= 0.6 is 0 Å². The SMILES string of the molecule is COc1ccc([C@@H](NC(=O)CN2CCCCCC2=O)c2ccncc2)cc1. The van der Waals surface area contributed by atoms with E-state index in [0.717, 1.165) is 36.1 Å². The normalized spacial score (nSPS) is 15.7. The summed E-state index contributed by atoms with van der Waals surface area (Å²) >= 11 is 0. The first kappa shape index (κ1) is 18.9. The van der Waals surface area contributed by atoms with Crippen molar-refractivity contribution in [2.24, 2.45) is 0 Å². The van der Waals surface area contributed by atoms with Crippen LogP contribution in [0.1, 0.15) is 42.9 Å². The molecule has 1 aliphatic rings. The molecule has 1 atom stereocenters. The van der Waals surface area contributed by atoms with Crippen LogP contribution in [0.2, 0.25) is 0 Å². The summed E-state index contributed by atoms with van der Waals surface area (Å²) in [6, 6.07) is 11.1. The molecule has 0 saturated carbocycles. The van der Waals surface area contributed by atoms with Gasteiger partial charge in [-0.2, -0.15) is 0 Å². The number of carbonyl (C=O) groups is 2. The van der Waals surface area contributed by atoms with Gasteiger partial charge in [-0.25, -0.2) is 0 Å². The van der Waals surface area contributed by atoms with Crippen LogP contribution in [0.4, 0.5) is 0 Å². The van der Waals surface area contributed by atoms with Crippen molar-refractivity contribution in [1.82, 2.24) is 15.2 Å². The predicted octanol–water partition coefficient (Wildman–Crippen LogP) is 2.70. The Labute approximate surface area is 159 Å². The van der Waals surface area contributed by atoms with Crippen LogP contribution < -0.4 is 10.1 Å². The number of methoxy groups -OCH3 is 1. The molecule has 1 saturated heterocycles. The average molecular weight is 367 g/mol. The number of amides is 2. The molecule has 27 heavy (non-hydrogen) atoms. The molecule has 0 radical (unpaired) electrons. The van der Waals surface area contributed by atoms with Gasteiger partial charge in [0.25, 0.3) is 0 Å². The highest BCUT2D eigenvalue weighted by molar-refractivity contribution is 5.85. The van der Waals surface area contributed by atoms with Crippen LogP contribution in [0.25, 0.3) is 0 Å². The Hall–Kier alpha value is -2.89. The van der Waals surface area contributed by atoms with Gasteiger partial charge < -0.3 is 15.0 Å². The molecule has 0 unspecified atom stereocenters. The van der Waals surface area contributed by atoms with E-state index in [1.54, 1.807) is 24.4 Å². The van der Waals surface area contributed by atoms with Gasteiger partial charge in [-0.3, -0.25) is 14.6 Å². The first-order valence-electron chi connectivity index (χ1n) is 9.28. The number of benzene rings is 1. The van der Waals surface area contributed by atoms with Gasteiger partial charge in [-0.1, -0.05) is 18.6 Å². The van der Waals surface area contributed by atoms with Crippen molar-refractivity contribution in [2.75, 3.05) is 20.2 Å². The van der Waals surface area contributed by atoms with Gasteiger partial charge in [-0.15, -0.1) is 0 Å². The molecular weight excluding hydrogens is 342 g/mol. The molecule has 2 amide bonds. The highest BCUT2D eigenvalue weighted by Crippen LogP contribution is 2.24. The van der Waals surface area contributed by atoms with E-state index in [4.69, 9.17) is 4.74 Å². The monoisotopic (exact) mass is 367 g/mol. The van der Waals surface area contributed by atoms with Gasteiger partial charge in [0, 0.05) is 25.4 Å². The summed E-state index contributed by atoms with van der Waals surface area (Å²) in [5.74, 6) is 0.657. The lowest BCUT2D eigenvalue weighted by molar-refractivity contribution is -0.135. The third-order valence-electron chi connectivity index (χ3n) is 4.80. The van der Waals surface area contributed by atoms with Crippen LogP contribution in [0.15, 0.2) is 48.8 Å². The summed E-state index contributed by atoms with van der Waals surface area (Å²) in [4.78, 5) is 30.6. The zero-order chi connectivity index (χ0) is 19.1. The van der Waals surface area contributed by atoms with Crippen molar-refractivity contribution >= 4 is 11.8 Å². The molecular formula is C21H25N3O3. The largest absolute Gasteiger partial charge is 0.497 e. The second-order valence-electron chi connectivity index (χ2n) is 6.68. The minimum Gasteiger partial charge on any atom is -0.497 e. The van der Waals surface area contributed by atoms with Crippen LogP contribution in [-0.2, 0) is 9.59 Å². The number of nitrogens with one attached hydrogen (secondary N) is 1. The highest BCUT2D eigenvalue weighted by atomic mass is 16.5. The van der Waals surface area contributed by atoms with E-state index in [1.165, 1.54) is 0 Å². The van der Waals surface area contributed by atoms with Gasteiger partial charge in [0.2, 0.25) is 11.8 Å². The molecule has 1 aromatic heterocycles. The lowest BCUT2D eigenvalue weighted by Gasteiger charge is -2.24. The Morgan fingerprint density at radius 2 is 1.81 bits per heavy atom. The van der Waals surface area contributed by atoms with Crippen molar-refractivity contribution in [1.29, 1.82) is 0 Å². The van der Waals surface area contributed by atoms with E-state index < -0.39 is 0 Å². The molecule has 2 heterocycles. The molecule has 142 valence electrons. The molecule has 1 fully saturated rings. The third kappa shape index (κ3) is 5.06. The number of likely N-dealkylation sites (tertiary alicyclic amines) is 1. The maximum atomic E-state index is 12.7. The van der Waals surface area contributed by atoms with Gasteiger partial charge in [0.15, 0.2) is 0 Å². The first-order chi connectivity index (χ1) is 13.2. The number of pyridine rings is 1. The maximum absolute atomic E-state index is 12.7. The number of nitrogens with zero attached hydrogens (tertiary/aromatic N) is 2. The van der Waals surface area contributed by atoms with Gasteiger partial charge >= 0.3 is 0 Å². The molecule has 6 heteroatoms. The summed E-state index contributed by atoms with van der Waals surface area (Å²) in [6.07, 6.45) is 6.83. The van der Waals surface area contributed by atoms with Crippen LogP contribution in [-0.4, -0.2) is 41.9 Å². The quantitative estimate of drug-likeness (QED) is 0.852. The minimum absolute atomic E-state index is 0.0626. The summed E-state index contributed by atoms with van der Waals surface area (Å²) in [6.45, 7) is 0.741. The first-order valence-corrected chi connectivity index (χ1v) is 9.28. The van der Waals surface area contributed by atoms with E-state index in [0.29, 0.717) is 13.0 Å². The van der Waals surface area contributed by atoms with Crippen LogP contribution in [0.5, 0.6) is 5.75 Å². The van der Waals surface area contributed by atoms with Gasteiger partial charge in [0.05, 0.1) is 19.7 Å². The smallest absolute Gasteiger partial charge is 0.240 e. The molecule has 0 aliphatic carbocycles. The van der Waals surface area contributed by atoms with E-state index in [-0.39, 0.29) is 24.4 Å². The highest BCUT2D eigenvalue weighted by Gasteiger charge is 2.22. The molecule has 2 aromatic rings. The van der Waals surface area contributed by atoms with Gasteiger partial charge in [-0.05, 0) is 48.2 Å². The Kier molecular flexibility index (Phi) is 6.41. The van der Waals surface area contributed by atoms with Crippen molar-refractivity contribution in [3.8, 4) is 5.75 Å². The van der Waals surface area contributed by atoms with Crippen molar-refractivity contribution in [3.63, 3.8) is 0 Å². The number of rotatable bonds is 6. The minimum atomic E-state index is -0.312. The van der Waals surface area contributed by atoms with Crippen molar-refractivity contribution < 1.29 is 14.3 Å². The molecule has 0 spiro atoms. The van der Waals surface area contributed by atoms with Crippen molar-refractivity contribution in [3.05, 3.63) is 59.9 Å². The van der Waals surface area contributed by atoms with E-state index in [1.807, 2.05) is 36.4 Å². The van der Waals surface area contributed by atoms with E-state index in [9.17, 15) is 9.59 Å². The number of ether oxygens (including phenoxy) is 1. The molecule has 1 N–H and O–H groups in total. The lowest BCUT2D eigenvalue weighted by atomic mass is 9.99. The molecule has 6 nitrogen and oxygen atoms in total. The predicted molar refractivity (Wildman–Crippen MR) is 102 cm³/mol. The molecule has 1 aromatic carbocycles. The summed E-state index contributed by atoms with van der Waals surface area (Å²) in [5.41, 5.74) is 1.88. The molecule has 0 bridgehead atoms. The van der Waals surface area contributed by atoms with Crippen molar-refractivity contribution in [2.45, 2.75) is 31.7 Å². The summed E-state index contributed by atoms with van der Waals surface area (Å²) in [5, 5.41) is 3.07. The zero-order valence-corrected chi connectivity index (χ0v) is 15.6. The fraction of sp³-hybridized carbons (Fsp3) is 0.381. The third-order valence-corrected chi connectivity index (χ3v) is 4.80. The number of hydrogen-bond donors (Lipinski definition) is 1. The Bertz CT molecular complexity index is 762. The van der Waals surface area contributed by atoms with Crippen LogP contribution in [0.3, 0.4) is 0 Å². The second kappa shape index (κ2) is 9.16. The number of hydrogen-bond acceptors (Lipinski definition) is 4. The fourth-order valence-corrected chi connectivity index (χ4v) is 3.30. The zero-order valence-electron chi connectivity index (χ0n) is 15.6. The lowest BCUT2D eigenvalue weighted by Crippen LogP contribution is -2.41. The van der Waals surface area contributed by atoms with E-state index in [2.05, 4.69) is 10.3 Å². The summed E-state index contributed by atoms with van der Waals surface area (Å²) < 4.78 is 5.22. The topological polar surface area (TPSA) is 71.5 Å². The van der Waals surface area contributed by atoms with Gasteiger partial charge in [0.1, 0.15) is 5.75 Å².